The third-order valence-corrected chi connectivity index (χ3v) is 3.82. The summed E-state index contributed by atoms with van der Waals surface area (Å²) in [5, 5.41) is 0. The Balaban J connectivity index is 2.10. The first-order valence-corrected chi connectivity index (χ1v) is 6.91. The number of nitrogens with two attached hydrogens (primary N) is 1. The molecule has 1 aromatic rings. The second-order valence-electron chi connectivity index (χ2n) is 5.39. The van der Waals surface area contributed by atoms with E-state index >= 15 is 0 Å². The van der Waals surface area contributed by atoms with E-state index in [9.17, 15) is 4.39 Å². The summed E-state index contributed by atoms with van der Waals surface area (Å²) < 4.78 is 14.1. The Bertz CT molecular complexity index is 403. The third-order valence-electron chi connectivity index (χ3n) is 3.82. The van der Waals surface area contributed by atoms with Crippen molar-refractivity contribution in [3.05, 3.63) is 29.6 Å². The lowest BCUT2D eigenvalue weighted by Gasteiger charge is -2.20. The highest BCUT2D eigenvalue weighted by atomic mass is 19.1. The second-order valence-corrected chi connectivity index (χ2v) is 5.39. The van der Waals surface area contributed by atoms with Gasteiger partial charge in [0.15, 0.2) is 0 Å². The molecule has 100 valence electrons. The van der Waals surface area contributed by atoms with Crippen LogP contribution in [-0.2, 0) is 0 Å². The van der Waals surface area contributed by atoms with Gasteiger partial charge in [0.25, 0.3) is 0 Å². The van der Waals surface area contributed by atoms with Gasteiger partial charge in [-0.3, -0.25) is 0 Å². The van der Waals surface area contributed by atoms with E-state index in [2.05, 4.69) is 11.8 Å². The van der Waals surface area contributed by atoms with Gasteiger partial charge in [-0.2, -0.15) is 0 Å². The van der Waals surface area contributed by atoms with Gasteiger partial charge in [-0.25, -0.2) is 4.39 Å². The first-order chi connectivity index (χ1) is 8.61. The molecule has 0 spiro atoms. The Morgan fingerprint density at radius 1 is 1.50 bits per heavy atom. The van der Waals surface area contributed by atoms with E-state index in [1.807, 2.05) is 19.1 Å². The first kappa shape index (κ1) is 13.3. The third kappa shape index (κ3) is 2.83. The van der Waals surface area contributed by atoms with Gasteiger partial charge < -0.3 is 10.6 Å². The predicted molar refractivity (Wildman–Crippen MR) is 74.2 cm³/mol. The fraction of sp³-hybridized carbons (Fsp3) is 0.600. The molecule has 0 aromatic heterocycles. The molecule has 2 atom stereocenters. The molecule has 1 unspecified atom stereocenters. The van der Waals surface area contributed by atoms with Crippen molar-refractivity contribution in [2.45, 2.75) is 39.2 Å². The Kier molecular flexibility index (Phi) is 4.23. The molecular formula is C15H23FN2. The van der Waals surface area contributed by atoms with Crippen LogP contribution in [0, 0.1) is 11.7 Å². The quantitative estimate of drug-likeness (QED) is 0.886. The van der Waals surface area contributed by atoms with Crippen molar-refractivity contribution in [2.24, 2.45) is 11.7 Å². The molecule has 1 fully saturated rings. The zero-order chi connectivity index (χ0) is 13.1. The van der Waals surface area contributed by atoms with Crippen LogP contribution in [0.2, 0.25) is 0 Å². The van der Waals surface area contributed by atoms with Crippen LogP contribution in [0.25, 0.3) is 0 Å². The molecule has 0 saturated carbocycles. The molecule has 2 rings (SSSR count). The summed E-state index contributed by atoms with van der Waals surface area (Å²) in [5.41, 5.74) is 7.36. The maximum atomic E-state index is 14.1. The molecule has 2 nitrogen and oxygen atoms in total. The number of hydrogen-bond acceptors (Lipinski definition) is 2. The monoisotopic (exact) mass is 250 g/mol. The number of nitrogens with zero attached hydrogens (tertiary/aromatic N) is 1. The largest absolute Gasteiger partial charge is 0.369 e. The van der Waals surface area contributed by atoms with E-state index < -0.39 is 0 Å². The Hall–Kier alpha value is -1.09. The van der Waals surface area contributed by atoms with Gasteiger partial charge in [-0.15, -0.1) is 0 Å². The number of benzene rings is 1. The van der Waals surface area contributed by atoms with Gasteiger partial charge in [0.2, 0.25) is 0 Å². The number of hydrogen-bond donors (Lipinski definition) is 1. The van der Waals surface area contributed by atoms with Crippen molar-refractivity contribution in [1.82, 2.24) is 0 Å². The minimum atomic E-state index is -0.137. The summed E-state index contributed by atoms with van der Waals surface area (Å²) in [5.74, 6) is 0.587. The molecule has 1 saturated heterocycles. The van der Waals surface area contributed by atoms with Gasteiger partial charge in [-0.1, -0.05) is 19.4 Å². The lowest BCUT2D eigenvalue weighted by Crippen LogP contribution is -2.21. The molecule has 0 amide bonds. The molecule has 1 aliphatic rings. The van der Waals surface area contributed by atoms with Crippen LogP contribution in [-0.4, -0.2) is 13.1 Å². The Morgan fingerprint density at radius 3 is 2.89 bits per heavy atom. The summed E-state index contributed by atoms with van der Waals surface area (Å²) >= 11 is 0. The van der Waals surface area contributed by atoms with Gasteiger partial charge in [0.1, 0.15) is 5.82 Å². The first-order valence-electron chi connectivity index (χ1n) is 6.91. The fourth-order valence-corrected chi connectivity index (χ4v) is 2.76. The van der Waals surface area contributed by atoms with Crippen molar-refractivity contribution in [1.29, 1.82) is 0 Å². The number of anilines is 1. The van der Waals surface area contributed by atoms with Crippen LogP contribution in [0.4, 0.5) is 10.1 Å². The van der Waals surface area contributed by atoms with Gasteiger partial charge in [0.05, 0.1) is 5.69 Å². The smallest absolute Gasteiger partial charge is 0.146 e. The molecule has 0 bridgehead atoms. The predicted octanol–water partition coefficient (Wildman–Crippen LogP) is 3.47. The topological polar surface area (TPSA) is 29.3 Å². The normalized spacial score (nSPS) is 21.3. The van der Waals surface area contributed by atoms with Crippen LogP contribution < -0.4 is 10.6 Å². The summed E-state index contributed by atoms with van der Waals surface area (Å²) in [6.45, 7) is 6.05. The molecule has 1 aromatic carbocycles. The lowest BCUT2D eigenvalue weighted by atomic mass is 10.0. The summed E-state index contributed by atoms with van der Waals surface area (Å²) in [7, 11) is 0. The Morgan fingerprint density at radius 2 is 2.28 bits per heavy atom. The van der Waals surface area contributed by atoms with Crippen LogP contribution in [0.3, 0.4) is 0 Å². The highest BCUT2D eigenvalue weighted by Crippen LogP contribution is 2.29. The zero-order valence-corrected chi connectivity index (χ0v) is 11.3. The molecule has 1 aliphatic heterocycles. The zero-order valence-electron chi connectivity index (χ0n) is 11.3. The maximum absolute atomic E-state index is 14.1. The van der Waals surface area contributed by atoms with Crippen LogP contribution in [0.15, 0.2) is 18.2 Å². The summed E-state index contributed by atoms with van der Waals surface area (Å²) in [6.07, 6.45) is 3.64. The Labute approximate surface area is 109 Å². The number of rotatable bonds is 4. The van der Waals surface area contributed by atoms with E-state index in [1.165, 1.54) is 19.3 Å². The molecule has 18 heavy (non-hydrogen) atoms. The van der Waals surface area contributed by atoms with Gasteiger partial charge in [-0.05, 0) is 43.4 Å². The maximum Gasteiger partial charge on any atom is 0.146 e. The van der Waals surface area contributed by atoms with Crippen LogP contribution in [0.5, 0.6) is 0 Å². The van der Waals surface area contributed by atoms with Gasteiger partial charge in [0, 0.05) is 19.1 Å². The van der Waals surface area contributed by atoms with Crippen molar-refractivity contribution >= 4 is 5.69 Å². The second kappa shape index (κ2) is 5.70. The standard InChI is InChI=1S/C15H23FN2/c1-3-4-12-7-8-18(10-12)15-6-5-13(11(2)17)9-14(15)16/h5-6,9,11-12H,3-4,7-8,10,17H2,1-2H3/t11-,12?/m0/s1. The summed E-state index contributed by atoms with van der Waals surface area (Å²) in [4.78, 5) is 2.17. The molecule has 2 N–H and O–H groups in total. The molecule has 1 heterocycles. The highest BCUT2D eigenvalue weighted by molar-refractivity contribution is 5.50. The SMILES string of the molecule is CCCC1CCN(c2ccc([C@H](C)N)cc2F)C1. The van der Waals surface area contributed by atoms with Crippen molar-refractivity contribution in [3.8, 4) is 0 Å². The van der Waals surface area contributed by atoms with Crippen LogP contribution in [0.1, 0.15) is 44.7 Å². The average molecular weight is 250 g/mol. The van der Waals surface area contributed by atoms with Crippen molar-refractivity contribution < 1.29 is 4.39 Å². The highest BCUT2D eigenvalue weighted by Gasteiger charge is 2.23. The van der Waals surface area contributed by atoms with E-state index in [0.29, 0.717) is 0 Å². The lowest BCUT2D eigenvalue weighted by molar-refractivity contribution is 0.528. The van der Waals surface area contributed by atoms with E-state index in [1.54, 1.807) is 6.07 Å². The van der Waals surface area contributed by atoms with Crippen LogP contribution >= 0.6 is 0 Å². The average Bonchev–Trinajstić information content (AvgIpc) is 2.77. The van der Waals surface area contributed by atoms with Crippen molar-refractivity contribution in [3.63, 3.8) is 0 Å². The number of halogens is 1. The van der Waals surface area contributed by atoms with E-state index in [0.717, 1.165) is 30.3 Å². The molecule has 3 heteroatoms. The van der Waals surface area contributed by atoms with Gasteiger partial charge >= 0.3 is 0 Å². The molecule has 0 aliphatic carbocycles. The minimum absolute atomic E-state index is 0.111. The molecular weight excluding hydrogens is 227 g/mol. The fourth-order valence-electron chi connectivity index (χ4n) is 2.76. The van der Waals surface area contributed by atoms with Crippen molar-refractivity contribution in [2.75, 3.05) is 18.0 Å². The minimum Gasteiger partial charge on any atom is -0.369 e. The molecule has 0 radical (unpaired) electrons. The summed E-state index contributed by atoms with van der Waals surface area (Å²) in [6, 6.07) is 5.28. The van der Waals surface area contributed by atoms with E-state index in [4.69, 9.17) is 5.73 Å². The van der Waals surface area contributed by atoms with E-state index in [-0.39, 0.29) is 11.9 Å².